The first-order valence-corrected chi connectivity index (χ1v) is 14.0. The molecule has 3 aliphatic rings. The Morgan fingerprint density at radius 1 is 1.03 bits per heavy atom. The average Bonchev–Trinajstić information content (AvgIpc) is 3.42. The van der Waals surface area contributed by atoms with E-state index in [-0.39, 0.29) is 18.6 Å². The van der Waals surface area contributed by atoms with Crippen LogP contribution < -0.4 is 29.6 Å². The van der Waals surface area contributed by atoms with Crippen LogP contribution in [0.2, 0.25) is 0 Å². The highest BCUT2D eigenvalue weighted by molar-refractivity contribution is 5.90. The monoisotopic (exact) mass is 537 g/mol. The summed E-state index contributed by atoms with van der Waals surface area (Å²) in [6.45, 7) is 5.04. The summed E-state index contributed by atoms with van der Waals surface area (Å²) < 4.78 is 22.6. The fourth-order valence-corrected chi connectivity index (χ4v) is 5.80. The molecule has 9 nitrogen and oxygen atoms in total. The largest absolute Gasteiger partial charge is 0.493 e. The Labute approximate surface area is 230 Å². The molecule has 2 amide bonds. The quantitative estimate of drug-likeness (QED) is 0.619. The molecule has 2 aromatic rings. The van der Waals surface area contributed by atoms with E-state index in [1.807, 2.05) is 30.3 Å². The van der Waals surface area contributed by atoms with E-state index in [2.05, 4.69) is 21.6 Å². The highest BCUT2D eigenvalue weighted by Crippen LogP contribution is 2.43. The van der Waals surface area contributed by atoms with Crippen LogP contribution >= 0.6 is 0 Å². The van der Waals surface area contributed by atoms with Gasteiger partial charge >= 0.3 is 0 Å². The third-order valence-electron chi connectivity index (χ3n) is 8.14. The fourth-order valence-electron chi connectivity index (χ4n) is 5.80. The third kappa shape index (κ3) is 6.24. The van der Waals surface area contributed by atoms with E-state index in [1.165, 1.54) is 5.56 Å². The van der Waals surface area contributed by atoms with Gasteiger partial charge in [-0.15, -0.1) is 0 Å². The van der Waals surface area contributed by atoms with Gasteiger partial charge in [-0.1, -0.05) is 24.6 Å². The van der Waals surface area contributed by atoms with Crippen LogP contribution in [0.4, 0.5) is 0 Å². The molecule has 2 aromatic carbocycles. The molecule has 2 N–H and O–H groups in total. The molecule has 0 radical (unpaired) electrons. The van der Waals surface area contributed by atoms with E-state index in [4.69, 9.17) is 18.9 Å². The number of para-hydroxylation sites is 1. The maximum Gasteiger partial charge on any atom is 0.242 e. The molecule has 0 saturated carbocycles. The number of amides is 2. The van der Waals surface area contributed by atoms with Crippen molar-refractivity contribution in [2.45, 2.75) is 58.0 Å². The number of aryl methyl sites for hydroxylation is 1. The van der Waals surface area contributed by atoms with E-state index >= 15 is 0 Å². The van der Waals surface area contributed by atoms with E-state index in [0.29, 0.717) is 30.4 Å². The molecular formula is C30H39N3O6. The van der Waals surface area contributed by atoms with Gasteiger partial charge in [-0.05, 0) is 81.4 Å². The van der Waals surface area contributed by atoms with Crippen molar-refractivity contribution in [1.29, 1.82) is 0 Å². The van der Waals surface area contributed by atoms with Crippen molar-refractivity contribution in [2.24, 2.45) is 5.41 Å². The lowest BCUT2D eigenvalue weighted by atomic mass is 9.73. The molecular weight excluding hydrogens is 498 g/mol. The Balaban J connectivity index is 1.27. The number of carbonyl (C=O) groups is 2. The summed E-state index contributed by atoms with van der Waals surface area (Å²) >= 11 is 0. The predicted molar refractivity (Wildman–Crippen MR) is 146 cm³/mol. The molecule has 0 bridgehead atoms. The molecule has 1 atom stereocenters. The first-order valence-electron chi connectivity index (χ1n) is 14.0. The number of benzene rings is 2. The molecule has 210 valence electrons. The lowest BCUT2D eigenvalue weighted by Crippen LogP contribution is -2.53. The number of nitrogens with one attached hydrogen (secondary N) is 2. The topological polar surface area (TPSA) is 98.4 Å². The van der Waals surface area contributed by atoms with Gasteiger partial charge in [0.05, 0.1) is 19.1 Å². The maximum absolute atomic E-state index is 13.7. The van der Waals surface area contributed by atoms with Gasteiger partial charge in [0.25, 0.3) is 0 Å². The number of methoxy groups -OCH3 is 1. The van der Waals surface area contributed by atoms with Crippen molar-refractivity contribution in [2.75, 3.05) is 40.1 Å². The Morgan fingerprint density at radius 2 is 1.85 bits per heavy atom. The Hall–Kier alpha value is -3.46. The minimum Gasteiger partial charge on any atom is -0.493 e. The number of hydrogen-bond acceptors (Lipinski definition) is 7. The Morgan fingerprint density at radius 3 is 2.67 bits per heavy atom. The minimum absolute atomic E-state index is 0.0129. The van der Waals surface area contributed by atoms with Crippen molar-refractivity contribution in [1.82, 2.24) is 15.5 Å². The van der Waals surface area contributed by atoms with Crippen molar-refractivity contribution in [3.8, 4) is 23.0 Å². The zero-order chi connectivity index (χ0) is 27.2. The molecule has 3 heterocycles. The molecule has 1 fully saturated rings. The van der Waals surface area contributed by atoms with Crippen molar-refractivity contribution >= 4 is 11.8 Å². The zero-order valence-electron chi connectivity index (χ0n) is 22.9. The van der Waals surface area contributed by atoms with Crippen LogP contribution in [0.1, 0.15) is 50.2 Å². The highest BCUT2D eigenvalue weighted by atomic mass is 16.7. The number of nitrogens with zero attached hydrogens (tertiary/aromatic N) is 1. The van der Waals surface area contributed by atoms with E-state index in [1.54, 1.807) is 14.0 Å². The summed E-state index contributed by atoms with van der Waals surface area (Å²) in [5, 5.41) is 5.92. The van der Waals surface area contributed by atoms with Crippen molar-refractivity contribution < 1.29 is 28.5 Å². The first kappa shape index (κ1) is 27.1. The van der Waals surface area contributed by atoms with Gasteiger partial charge in [-0.2, -0.15) is 0 Å². The highest BCUT2D eigenvalue weighted by Gasteiger charge is 2.41. The average molecular weight is 538 g/mol. The van der Waals surface area contributed by atoms with Gasteiger partial charge in [-0.3, -0.25) is 14.5 Å². The maximum atomic E-state index is 13.7. The van der Waals surface area contributed by atoms with Crippen LogP contribution in [-0.4, -0.2) is 62.9 Å². The van der Waals surface area contributed by atoms with Crippen LogP contribution in [0.15, 0.2) is 36.4 Å². The summed E-state index contributed by atoms with van der Waals surface area (Å²) in [4.78, 5) is 28.7. The van der Waals surface area contributed by atoms with E-state index in [0.717, 1.165) is 69.5 Å². The molecule has 0 unspecified atom stereocenters. The van der Waals surface area contributed by atoms with Crippen LogP contribution in [0.3, 0.4) is 0 Å². The summed E-state index contributed by atoms with van der Waals surface area (Å²) in [5.41, 5.74) is 1.76. The lowest BCUT2D eigenvalue weighted by Gasteiger charge is -2.41. The van der Waals surface area contributed by atoms with Crippen LogP contribution in [0, 0.1) is 5.41 Å². The molecule has 1 saturated heterocycles. The van der Waals surface area contributed by atoms with Crippen LogP contribution in [-0.2, 0) is 22.6 Å². The summed E-state index contributed by atoms with van der Waals surface area (Å²) in [6.07, 6.45) is 5.09. The van der Waals surface area contributed by atoms with Crippen LogP contribution in [0.5, 0.6) is 23.0 Å². The predicted octanol–water partition coefficient (Wildman–Crippen LogP) is 3.43. The first-order chi connectivity index (χ1) is 19.0. The number of rotatable bonds is 3. The summed E-state index contributed by atoms with van der Waals surface area (Å²) in [7, 11) is 1.63. The van der Waals surface area contributed by atoms with Crippen molar-refractivity contribution in [3.63, 3.8) is 0 Å². The van der Waals surface area contributed by atoms with Gasteiger partial charge < -0.3 is 29.6 Å². The minimum atomic E-state index is -0.606. The summed E-state index contributed by atoms with van der Waals surface area (Å²) in [5.74, 6) is 2.69. The van der Waals surface area contributed by atoms with E-state index in [9.17, 15) is 9.59 Å². The number of carbonyl (C=O) groups excluding carboxylic acids is 2. The molecule has 1 spiro atoms. The van der Waals surface area contributed by atoms with Crippen molar-refractivity contribution in [3.05, 3.63) is 47.5 Å². The second kappa shape index (κ2) is 12.2. The van der Waals surface area contributed by atoms with Gasteiger partial charge in [0, 0.05) is 6.54 Å². The van der Waals surface area contributed by atoms with E-state index < -0.39 is 11.5 Å². The second-order valence-corrected chi connectivity index (χ2v) is 10.7. The van der Waals surface area contributed by atoms with Gasteiger partial charge in [0.15, 0.2) is 11.5 Å². The fraction of sp³-hybridized carbons (Fsp3) is 0.533. The number of ether oxygens (including phenoxy) is 4. The number of fused-ring (bicyclic) bond motifs is 2. The molecule has 0 aliphatic carbocycles. The smallest absolute Gasteiger partial charge is 0.242 e. The second-order valence-electron chi connectivity index (χ2n) is 10.7. The number of piperidine rings is 1. The van der Waals surface area contributed by atoms with Gasteiger partial charge in [0.2, 0.25) is 24.4 Å². The molecule has 5 rings (SSSR count). The van der Waals surface area contributed by atoms with Gasteiger partial charge in [0.1, 0.15) is 18.4 Å². The number of hydrogen-bond donors (Lipinski definition) is 2. The normalized spacial score (nSPS) is 22.1. The Kier molecular flexibility index (Phi) is 8.45. The zero-order valence-corrected chi connectivity index (χ0v) is 22.9. The number of likely N-dealkylation sites (tertiary alicyclic amines) is 1. The van der Waals surface area contributed by atoms with Gasteiger partial charge in [-0.25, -0.2) is 0 Å². The summed E-state index contributed by atoms with van der Waals surface area (Å²) in [6, 6.07) is 11.5. The Bertz CT molecular complexity index is 1180. The molecule has 9 heteroatoms. The van der Waals surface area contributed by atoms with Crippen LogP contribution in [0.25, 0.3) is 0 Å². The molecule has 0 aromatic heterocycles. The molecule has 3 aliphatic heterocycles. The standard InChI is InChI=1S/C30H39N3O6/c1-21-28(34)31-13-16-37-24-9-4-3-7-23(24)8-5-6-10-30(29(35)32-21)11-14-33(15-12-30)19-22-17-25(36-2)27-26(18-22)38-20-39-27/h3-4,7,9,17-18,21H,5-6,8,10-16,19-20H2,1-2H3,(H,31,34)(H,32,35)/t21-/m0/s1. The molecule has 39 heavy (non-hydrogen) atoms. The SMILES string of the molecule is COc1cc(CN2CCC3(CCCCc4ccccc4OCCNC(=O)[C@H](C)NC3=O)CC2)cc2c1OCO2. The third-order valence-corrected chi connectivity index (χ3v) is 8.14. The lowest BCUT2D eigenvalue weighted by molar-refractivity contribution is -0.138.